The molecule has 0 saturated carbocycles. The van der Waals surface area contributed by atoms with Crippen LogP contribution in [0.2, 0.25) is 0 Å². The molecule has 1 N–H and O–H groups in total. The first kappa shape index (κ1) is 18.2. The van der Waals surface area contributed by atoms with E-state index in [-0.39, 0.29) is 11.7 Å². The third-order valence-corrected chi connectivity index (χ3v) is 5.25. The second-order valence-corrected chi connectivity index (χ2v) is 7.37. The van der Waals surface area contributed by atoms with Crippen LogP contribution in [0.1, 0.15) is 11.1 Å². The van der Waals surface area contributed by atoms with Gasteiger partial charge in [-0.05, 0) is 24.6 Å². The lowest BCUT2D eigenvalue weighted by Gasteiger charge is -2.06. The number of nitrogens with one attached hydrogen (secondary N) is 1. The van der Waals surface area contributed by atoms with Gasteiger partial charge in [-0.2, -0.15) is 5.10 Å². The first-order valence-electron chi connectivity index (χ1n) is 8.89. The Morgan fingerprint density at radius 3 is 2.64 bits per heavy atom. The summed E-state index contributed by atoms with van der Waals surface area (Å²) < 4.78 is 1.85. The average Bonchev–Trinajstić information content (AvgIpc) is 3.12. The number of nitrogens with zero attached hydrogens (tertiary/aromatic N) is 4. The van der Waals surface area contributed by atoms with Crippen LogP contribution in [0.5, 0.6) is 0 Å². The minimum absolute atomic E-state index is 0.0720. The van der Waals surface area contributed by atoms with Gasteiger partial charge in [0.15, 0.2) is 5.65 Å². The summed E-state index contributed by atoms with van der Waals surface area (Å²) in [6.07, 6.45) is 3.28. The second kappa shape index (κ2) is 8.22. The van der Waals surface area contributed by atoms with Crippen LogP contribution < -0.4 is 5.32 Å². The number of benzene rings is 2. The number of rotatable bonds is 6. The van der Waals surface area contributed by atoms with Gasteiger partial charge in [0.1, 0.15) is 11.4 Å². The van der Waals surface area contributed by atoms with Crippen LogP contribution in [-0.4, -0.2) is 31.4 Å². The van der Waals surface area contributed by atoms with E-state index >= 15 is 0 Å². The fourth-order valence-corrected chi connectivity index (χ4v) is 3.59. The van der Waals surface area contributed by atoms with Crippen molar-refractivity contribution in [1.29, 1.82) is 0 Å². The zero-order valence-corrected chi connectivity index (χ0v) is 16.2. The van der Waals surface area contributed by atoms with Gasteiger partial charge >= 0.3 is 0 Å². The van der Waals surface area contributed by atoms with Gasteiger partial charge in [0.05, 0.1) is 23.9 Å². The summed E-state index contributed by atoms with van der Waals surface area (Å²) in [5, 5.41) is 8.96. The summed E-state index contributed by atoms with van der Waals surface area (Å²) >= 11 is 1.38. The Labute approximate surface area is 167 Å². The fourth-order valence-electron chi connectivity index (χ4n) is 2.83. The molecule has 0 bridgehead atoms. The van der Waals surface area contributed by atoms with Crippen LogP contribution in [0.3, 0.4) is 0 Å². The van der Waals surface area contributed by atoms with E-state index in [9.17, 15) is 4.79 Å². The molecule has 0 aliphatic rings. The maximum atomic E-state index is 12.3. The number of amides is 1. The second-order valence-electron chi connectivity index (χ2n) is 6.41. The lowest BCUT2D eigenvalue weighted by atomic mass is 10.2. The van der Waals surface area contributed by atoms with Gasteiger partial charge in [0.2, 0.25) is 5.91 Å². The first-order valence-corrected chi connectivity index (χ1v) is 9.87. The number of aromatic nitrogens is 4. The molecule has 1 amide bonds. The van der Waals surface area contributed by atoms with E-state index in [2.05, 4.69) is 32.5 Å². The molecule has 4 rings (SSSR count). The third kappa shape index (κ3) is 4.20. The van der Waals surface area contributed by atoms with Crippen molar-refractivity contribution < 1.29 is 4.79 Å². The quantitative estimate of drug-likeness (QED) is 0.400. The number of thioether (sulfide) groups is 1. The van der Waals surface area contributed by atoms with E-state index in [1.165, 1.54) is 18.1 Å². The summed E-state index contributed by atoms with van der Waals surface area (Å²) in [6, 6.07) is 17.8. The van der Waals surface area contributed by atoms with Crippen LogP contribution in [-0.2, 0) is 11.3 Å². The van der Waals surface area contributed by atoms with Gasteiger partial charge in [-0.15, -0.1) is 0 Å². The highest BCUT2D eigenvalue weighted by atomic mass is 32.2. The standard InChI is InChI=1S/C21H19N5OS/c1-15-7-9-17(10-8-15)25-19(27)13-28-21-18-11-24-26(20(18)22-14-23-21)12-16-5-3-2-4-6-16/h2-11,14H,12-13H2,1H3,(H,25,27). The van der Waals surface area contributed by atoms with E-state index in [4.69, 9.17) is 0 Å². The lowest BCUT2D eigenvalue weighted by molar-refractivity contribution is -0.113. The molecule has 0 saturated heterocycles. The van der Waals surface area contributed by atoms with Crippen LogP contribution in [0.4, 0.5) is 5.69 Å². The molecule has 2 heterocycles. The normalized spacial score (nSPS) is 10.9. The monoisotopic (exact) mass is 389 g/mol. The number of anilines is 1. The summed E-state index contributed by atoms with van der Waals surface area (Å²) in [7, 11) is 0. The van der Waals surface area contributed by atoms with Gasteiger partial charge in [0.25, 0.3) is 0 Å². The average molecular weight is 389 g/mol. The maximum Gasteiger partial charge on any atom is 0.234 e. The predicted octanol–water partition coefficient (Wildman–Crippen LogP) is 3.91. The van der Waals surface area contributed by atoms with E-state index in [0.717, 1.165) is 32.9 Å². The van der Waals surface area contributed by atoms with Gasteiger partial charge < -0.3 is 5.32 Å². The smallest absolute Gasteiger partial charge is 0.234 e. The number of carbonyl (C=O) groups is 1. The summed E-state index contributed by atoms with van der Waals surface area (Å²) in [5.41, 5.74) is 3.86. The van der Waals surface area contributed by atoms with E-state index < -0.39 is 0 Å². The first-order chi connectivity index (χ1) is 13.7. The third-order valence-electron chi connectivity index (χ3n) is 4.25. The van der Waals surface area contributed by atoms with Crippen molar-refractivity contribution in [3.8, 4) is 0 Å². The largest absolute Gasteiger partial charge is 0.325 e. The van der Waals surface area contributed by atoms with Crippen molar-refractivity contribution in [2.24, 2.45) is 0 Å². The van der Waals surface area contributed by atoms with Crippen LogP contribution in [0.25, 0.3) is 11.0 Å². The van der Waals surface area contributed by atoms with Crippen molar-refractivity contribution in [2.75, 3.05) is 11.1 Å². The van der Waals surface area contributed by atoms with E-state index in [1.807, 2.05) is 54.1 Å². The predicted molar refractivity (Wildman–Crippen MR) is 111 cm³/mol. The molecule has 140 valence electrons. The van der Waals surface area contributed by atoms with Crippen molar-refractivity contribution in [2.45, 2.75) is 18.5 Å². The molecule has 0 radical (unpaired) electrons. The molecule has 0 aliphatic carbocycles. The van der Waals surface area contributed by atoms with Crippen LogP contribution in [0.15, 0.2) is 72.1 Å². The fraction of sp³-hybridized carbons (Fsp3) is 0.143. The lowest BCUT2D eigenvalue weighted by Crippen LogP contribution is -2.14. The molecule has 2 aromatic heterocycles. The molecule has 6 nitrogen and oxygen atoms in total. The summed E-state index contributed by atoms with van der Waals surface area (Å²) in [5.74, 6) is 0.196. The van der Waals surface area contributed by atoms with Crippen molar-refractivity contribution in [3.63, 3.8) is 0 Å². The number of carbonyl (C=O) groups excluding carboxylic acids is 1. The molecule has 0 aliphatic heterocycles. The Hall–Kier alpha value is -3.19. The molecule has 28 heavy (non-hydrogen) atoms. The zero-order valence-electron chi connectivity index (χ0n) is 15.4. The highest BCUT2D eigenvalue weighted by Gasteiger charge is 2.12. The molecule has 2 aromatic carbocycles. The molecular weight excluding hydrogens is 370 g/mol. The van der Waals surface area contributed by atoms with E-state index in [1.54, 1.807) is 6.20 Å². The number of fused-ring (bicyclic) bond motifs is 1. The van der Waals surface area contributed by atoms with Crippen molar-refractivity contribution in [1.82, 2.24) is 19.7 Å². The van der Waals surface area contributed by atoms with Gasteiger partial charge in [0, 0.05) is 5.69 Å². The number of hydrogen-bond acceptors (Lipinski definition) is 5. The Morgan fingerprint density at radius 2 is 1.86 bits per heavy atom. The topological polar surface area (TPSA) is 72.7 Å². The van der Waals surface area contributed by atoms with E-state index in [0.29, 0.717) is 6.54 Å². The Kier molecular flexibility index (Phi) is 5.34. The SMILES string of the molecule is Cc1ccc(NC(=O)CSc2ncnc3c2cnn3Cc2ccccc2)cc1. The Morgan fingerprint density at radius 1 is 1.07 bits per heavy atom. The van der Waals surface area contributed by atoms with Crippen LogP contribution in [0, 0.1) is 6.92 Å². The van der Waals surface area contributed by atoms with Crippen molar-refractivity contribution >= 4 is 34.4 Å². The van der Waals surface area contributed by atoms with Gasteiger partial charge in [-0.3, -0.25) is 4.79 Å². The molecule has 0 fully saturated rings. The molecule has 0 atom stereocenters. The molecule has 4 aromatic rings. The van der Waals surface area contributed by atoms with Gasteiger partial charge in [-0.25, -0.2) is 14.6 Å². The molecule has 0 unspecified atom stereocenters. The molecular formula is C21H19N5OS. The highest BCUT2D eigenvalue weighted by molar-refractivity contribution is 8.00. The number of aryl methyl sites for hydroxylation is 1. The molecule has 7 heteroatoms. The summed E-state index contributed by atoms with van der Waals surface area (Å²) in [4.78, 5) is 21.0. The molecule has 0 spiro atoms. The minimum Gasteiger partial charge on any atom is -0.325 e. The Bertz CT molecular complexity index is 1090. The Balaban J connectivity index is 1.45. The van der Waals surface area contributed by atoms with Crippen molar-refractivity contribution in [3.05, 3.63) is 78.2 Å². The minimum atomic E-state index is -0.0720. The highest BCUT2D eigenvalue weighted by Crippen LogP contribution is 2.24. The van der Waals surface area contributed by atoms with Crippen LogP contribution >= 0.6 is 11.8 Å². The zero-order chi connectivity index (χ0) is 19.3. The van der Waals surface area contributed by atoms with Gasteiger partial charge in [-0.1, -0.05) is 59.8 Å². The number of hydrogen-bond donors (Lipinski definition) is 1. The maximum absolute atomic E-state index is 12.3. The summed E-state index contributed by atoms with van der Waals surface area (Å²) in [6.45, 7) is 2.65.